The van der Waals surface area contributed by atoms with Crippen molar-refractivity contribution in [3.05, 3.63) is 65.7 Å². The van der Waals surface area contributed by atoms with Gasteiger partial charge in [0, 0.05) is 0 Å². The topological polar surface area (TPSA) is 79.5 Å². The second-order valence-corrected chi connectivity index (χ2v) is 6.23. The Morgan fingerprint density at radius 2 is 1.70 bits per heavy atom. The number of carbonyl (C=O) groups is 2. The van der Waals surface area contributed by atoms with Crippen LogP contribution < -0.4 is 20.9 Å². The maximum Gasteiger partial charge on any atom is 0.261 e. The molecule has 0 atom stereocenters. The summed E-state index contributed by atoms with van der Waals surface area (Å²) >= 11 is 5.06. The Balaban J connectivity index is 1.83. The van der Waals surface area contributed by atoms with Crippen molar-refractivity contribution >= 4 is 29.1 Å². The van der Waals surface area contributed by atoms with Crippen molar-refractivity contribution in [1.29, 1.82) is 0 Å². The molecular weight excluding hydrogens is 362 g/mol. The first kappa shape index (κ1) is 20.4. The summed E-state index contributed by atoms with van der Waals surface area (Å²) in [7, 11) is 0. The van der Waals surface area contributed by atoms with Gasteiger partial charge in [0.25, 0.3) is 5.91 Å². The van der Waals surface area contributed by atoms with E-state index < -0.39 is 5.91 Å². The molecule has 0 spiro atoms. The van der Waals surface area contributed by atoms with Crippen molar-refractivity contribution in [2.45, 2.75) is 26.2 Å². The molecule has 7 heteroatoms. The number of carbonyl (C=O) groups excluding carboxylic acids is 2. The van der Waals surface area contributed by atoms with E-state index in [0.29, 0.717) is 17.9 Å². The van der Waals surface area contributed by atoms with Crippen LogP contribution in [0.15, 0.2) is 54.6 Å². The van der Waals surface area contributed by atoms with Crippen LogP contribution >= 0.6 is 12.2 Å². The lowest BCUT2D eigenvalue weighted by atomic mass is 10.1. The third-order valence-corrected chi connectivity index (χ3v) is 3.84. The van der Waals surface area contributed by atoms with E-state index in [1.54, 1.807) is 24.3 Å². The number of para-hydroxylation sites is 1. The molecular formula is C20H23N3O3S. The lowest BCUT2D eigenvalue weighted by Gasteiger charge is -2.13. The average molecular weight is 385 g/mol. The summed E-state index contributed by atoms with van der Waals surface area (Å²) in [6.07, 6.45) is 2.12. The predicted molar refractivity (Wildman–Crippen MR) is 108 cm³/mol. The van der Waals surface area contributed by atoms with E-state index in [4.69, 9.17) is 17.0 Å². The summed E-state index contributed by atoms with van der Waals surface area (Å²) < 4.78 is 5.65. The normalized spacial score (nSPS) is 9.96. The zero-order valence-corrected chi connectivity index (χ0v) is 16.0. The van der Waals surface area contributed by atoms with Crippen LogP contribution in [0.2, 0.25) is 0 Å². The molecule has 6 nitrogen and oxygen atoms in total. The van der Waals surface area contributed by atoms with E-state index in [2.05, 4.69) is 23.1 Å². The third kappa shape index (κ3) is 7.07. The van der Waals surface area contributed by atoms with Crippen LogP contribution in [0.4, 0.5) is 0 Å². The molecule has 27 heavy (non-hydrogen) atoms. The highest BCUT2D eigenvalue weighted by Crippen LogP contribution is 2.18. The van der Waals surface area contributed by atoms with E-state index >= 15 is 0 Å². The van der Waals surface area contributed by atoms with Gasteiger partial charge < -0.3 is 4.74 Å². The van der Waals surface area contributed by atoms with E-state index in [9.17, 15) is 9.59 Å². The predicted octanol–water partition coefficient (Wildman–Crippen LogP) is 2.74. The molecule has 0 aliphatic heterocycles. The van der Waals surface area contributed by atoms with Crippen molar-refractivity contribution in [3.63, 3.8) is 0 Å². The number of thiocarbonyl (C=S) groups is 1. The van der Waals surface area contributed by atoms with Crippen molar-refractivity contribution in [1.82, 2.24) is 16.2 Å². The SMILES string of the molecule is CCCCOc1ccccc1C(=O)NC(=S)NNC(=O)Cc1ccccc1. The Bertz CT molecular complexity index is 781. The molecule has 2 aromatic rings. The molecule has 0 aliphatic rings. The summed E-state index contributed by atoms with van der Waals surface area (Å²) in [4.78, 5) is 24.3. The molecule has 2 aromatic carbocycles. The summed E-state index contributed by atoms with van der Waals surface area (Å²) in [5.41, 5.74) is 6.26. The molecule has 0 radical (unpaired) electrons. The van der Waals surface area contributed by atoms with Crippen LogP contribution in [-0.2, 0) is 11.2 Å². The minimum atomic E-state index is -0.406. The van der Waals surface area contributed by atoms with Gasteiger partial charge in [-0.05, 0) is 36.3 Å². The highest BCUT2D eigenvalue weighted by molar-refractivity contribution is 7.80. The largest absolute Gasteiger partial charge is 0.493 e. The Hall–Kier alpha value is -2.93. The van der Waals surface area contributed by atoms with Crippen molar-refractivity contribution < 1.29 is 14.3 Å². The summed E-state index contributed by atoms with van der Waals surface area (Å²) in [5.74, 6) is -0.169. The van der Waals surface area contributed by atoms with Crippen molar-refractivity contribution in [3.8, 4) is 5.75 Å². The first-order valence-electron chi connectivity index (χ1n) is 8.76. The van der Waals surface area contributed by atoms with Gasteiger partial charge in [-0.3, -0.25) is 25.8 Å². The van der Waals surface area contributed by atoms with Gasteiger partial charge in [-0.15, -0.1) is 0 Å². The quantitative estimate of drug-likeness (QED) is 0.388. The van der Waals surface area contributed by atoms with Gasteiger partial charge in [-0.1, -0.05) is 55.8 Å². The van der Waals surface area contributed by atoms with Crippen LogP contribution in [0.1, 0.15) is 35.7 Å². The maximum atomic E-state index is 12.4. The fourth-order valence-electron chi connectivity index (χ4n) is 2.26. The van der Waals surface area contributed by atoms with Gasteiger partial charge in [-0.25, -0.2) is 0 Å². The number of hydrogen-bond acceptors (Lipinski definition) is 4. The Morgan fingerprint density at radius 3 is 2.44 bits per heavy atom. The molecule has 0 heterocycles. The molecule has 0 saturated carbocycles. The standard InChI is InChI=1S/C20H23N3O3S/c1-2-3-13-26-17-12-8-7-11-16(17)19(25)21-20(27)23-22-18(24)14-15-9-5-4-6-10-15/h4-12H,2-3,13-14H2,1H3,(H,22,24)(H2,21,23,25,27). The van der Waals surface area contributed by atoms with Crippen LogP contribution in [0.3, 0.4) is 0 Å². The van der Waals surface area contributed by atoms with E-state index in [1.165, 1.54) is 0 Å². The summed E-state index contributed by atoms with van der Waals surface area (Å²) in [6, 6.07) is 16.3. The highest BCUT2D eigenvalue weighted by atomic mass is 32.1. The lowest BCUT2D eigenvalue weighted by molar-refractivity contribution is -0.121. The number of amides is 2. The number of rotatable bonds is 7. The van der Waals surface area contributed by atoms with Crippen LogP contribution in [0.5, 0.6) is 5.75 Å². The number of unbranched alkanes of at least 4 members (excludes halogenated alkanes) is 1. The summed E-state index contributed by atoms with van der Waals surface area (Å²) in [6.45, 7) is 2.61. The fraction of sp³-hybridized carbons (Fsp3) is 0.250. The molecule has 142 valence electrons. The number of benzene rings is 2. The second kappa shape index (κ2) is 10.9. The Labute approximate surface area is 164 Å². The van der Waals surface area contributed by atoms with Crippen LogP contribution in [0.25, 0.3) is 0 Å². The number of hydrazine groups is 1. The zero-order valence-electron chi connectivity index (χ0n) is 15.2. The molecule has 2 amide bonds. The van der Waals surface area contributed by atoms with E-state index in [1.807, 2.05) is 30.3 Å². The molecule has 0 aliphatic carbocycles. The van der Waals surface area contributed by atoms with Crippen LogP contribution in [-0.4, -0.2) is 23.5 Å². The first-order valence-corrected chi connectivity index (χ1v) is 9.17. The zero-order chi connectivity index (χ0) is 19.5. The number of nitrogens with one attached hydrogen (secondary N) is 3. The fourth-order valence-corrected chi connectivity index (χ4v) is 2.40. The van der Waals surface area contributed by atoms with E-state index in [-0.39, 0.29) is 17.4 Å². The average Bonchev–Trinajstić information content (AvgIpc) is 2.68. The monoisotopic (exact) mass is 385 g/mol. The van der Waals surface area contributed by atoms with Gasteiger partial charge in [0.15, 0.2) is 5.11 Å². The van der Waals surface area contributed by atoms with Gasteiger partial charge in [0.05, 0.1) is 18.6 Å². The minimum absolute atomic E-state index is 0.00442. The molecule has 0 bridgehead atoms. The van der Waals surface area contributed by atoms with Gasteiger partial charge in [-0.2, -0.15) is 0 Å². The third-order valence-electron chi connectivity index (χ3n) is 3.64. The van der Waals surface area contributed by atoms with E-state index in [0.717, 1.165) is 18.4 Å². The minimum Gasteiger partial charge on any atom is -0.493 e. The maximum absolute atomic E-state index is 12.4. The van der Waals surface area contributed by atoms with Crippen LogP contribution in [0, 0.1) is 0 Å². The molecule has 0 aromatic heterocycles. The van der Waals surface area contributed by atoms with Gasteiger partial charge in [0.2, 0.25) is 5.91 Å². The summed E-state index contributed by atoms with van der Waals surface area (Å²) in [5, 5.41) is 2.54. The number of ether oxygens (including phenoxy) is 1. The van der Waals surface area contributed by atoms with Gasteiger partial charge >= 0.3 is 0 Å². The molecule has 0 unspecified atom stereocenters. The molecule has 2 rings (SSSR count). The van der Waals surface area contributed by atoms with Crippen molar-refractivity contribution in [2.75, 3.05) is 6.61 Å². The molecule has 0 fully saturated rings. The smallest absolute Gasteiger partial charge is 0.261 e. The lowest BCUT2D eigenvalue weighted by Crippen LogP contribution is -2.48. The second-order valence-electron chi connectivity index (χ2n) is 5.82. The first-order chi connectivity index (χ1) is 13.1. The molecule has 3 N–H and O–H groups in total. The molecule has 0 saturated heterocycles. The van der Waals surface area contributed by atoms with Crippen molar-refractivity contribution in [2.24, 2.45) is 0 Å². The van der Waals surface area contributed by atoms with Gasteiger partial charge in [0.1, 0.15) is 5.75 Å². The Morgan fingerprint density at radius 1 is 1.00 bits per heavy atom. The Kier molecular flexibility index (Phi) is 8.25. The highest BCUT2D eigenvalue weighted by Gasteiger charge is 2.13. The number of hydrogen-bond donors (Lipinski definition) is 3.